The average molecular weight is 349 g/mol. The van der Waals surface area contributed by atoms with Crippen LogP contribution in [0.25, 0.3) is 0 Å². The highest BCUT2D eigenvalue weighted by Gasteiger charge is 2.38. The molecule has 1 aromatic carbocycles. The molecule has 0 amide bonds. The van der Waals surface area contributed by atoms with Crippen LogP contribution in [-0.2, 0) is 4.79 Å². The molecule has 0 saturated carbocycles. The van der Waals surface area contributed by atoms with Crippen molar-refractivity contribution in [2.24, 2.45) is 5.92 Å². The molecule has 118 valence electrons. The number of rotatable bonds is 1. The molecule has 2 atom stereocenters. The Balaban J connectivity index is 1.93. The minimum atomic E-state index is -0.367. The van der Waals surface area contributed by atoms with E-state index in [4.69, 9.17) is 23.2 Å². The van der Waals surface area contributed by atoms with Gasteiger partial charge in [0.15, 0.2) is 5.78 Å². The van der Waals surface area contributed by atoms with E-state index < -0.39 is 0 Å². The predicted molar refractivity (Wildman–Crippen MR) is 88.7 cm³/mol. The van der Waals surface area contributed by atoms with Gasteiger partial charge >= 0.3 is 0 Å². The van der Waals surface area contributed by atoms with Gasteiger partial charge in [0, 0.05) is 33.3 Å². The van der Waals surface area contributed by atoms with Crippen molar-refractivity contribution in [3.63, 3.8) is 0 Å². The Hall–Kier alpha value is -1.85. The third-order valence-electron chi connectivity index (χ3n) is 4.32. The zero-order chi connectivity index (χ0) is 16.1. The number of carbonyl (C=O) groups excluding carboxylic acids is 1. The maximum absolute atomic E-state index is 12.7. The summed E-state index contributed by atoms with van der Waals surface area (Å²) in [7, 11) is 0. The van der Waals surface area contributed by atoms with Gasteiger partial charge in [-0.05, 0) is 24.5 Å². The van der Waals surface area contributed by atoms with Gasteiger partial charge in [0.2, 0.25) is 5.95 Å². The summed E-state index contributed by atoms with van der Waals surface area (Å²) in [6.45, 7) is 2.08. The van der Waals surface area contributed by atoms with Crippen LogP contribution < -0.4 is 5.32 Å². The van der Waals surface area contributed by atoms with Gasteiger partial charge in [-0.1, -0.05) is 36.2 Å². The Morgan fingerprint density at radius 2 is 2.13 bits per heavy atom. The number of hydrogen-bond donors (Lipinski definition) is 1. The van der Waals surface area contributed by atoms with Gasteiger partial charge in [0.25, 0.3) is 0 Å². The van der Waals surface area contributed by atoms with Crippen molar-refractivity contribution in [2.45, 2.75) is 25.8 Å². The summed E-state index contributed by atoms with van der Waals surface area (Å²) in [4.78, 5) is 17.0. The average Bonchev–Trinajstić information content (AvgIpc) is 2.93. The van der Waals surface area contributed by atoms with Crippen LogP contribution in [-0.4, -0.2) is 20.5 Å². The number of benzene rings is 1. The molecule has 0 spiro atoms. The summed E-state index contributed by atoms with van der Waals surface area (Å²) in [6, 6.07) is 4.95. The molecule has 1 aliphatic carbocycles. The van der Waals surface area contributed by atoms with Crippen LogP contribution in [0.4, 0.5) is 5.95 Å². The summed E-state index contributed by atoms with van der Waals surface area (Å²) in [5, 5.41) is 8.61. The topological polar surface area (TPSA) is 59.8 Å². The maximum atomic E-state index is 12.7. The molecule has 23 heavy (non-hydrogen) atoms. The standard InChI is InChI=1S/C16H14Cl2N4O/c1-8-4-12-14(13(23)5-8)15(22-16(21-12)19-7-20-22)10-3-2-9(17)6-11(10)18/h2-3,6-8,15H,4-5H2,1H3,(H,19,20,21)/t8-,15-/m0/s1. The van der Waals surface area contributed by atoms with E-state index in [1.165, 1.54) is 6.33 Å². The summed E-state index contributed by atoms with van der Waals surface area (Å²) in [5.41, 5.74) is 2.45. The number of Topliss-reactive ketones (excluding diaryl/α,β-unsaturated/α-hetero) is 1. The van der Waals surface area contributed by atoms with E-state index in [-0.39, 0.29) is 11.8 Å². The van der Waals surface area contributed by atoms with Gasteiger partial charge in [0.1, 0.15) is 12.4 Å². The van der Waals surface area contributed by atoms with Gasteiger partial charge in [0.05, 0.1) is 0 Å². The molecule has 1 aliphatic heterocycles. The fourth-order valence-corrected chi connectivity index (χ4v) is 3.87. The van der Waals surface area contributed by atoms with Crippen molar-refractivity contribution >= 4 is 34.9 Å². The molecule has 1 aromatic heterocycles. The highest BCUT2D eigenvalue weighted by molar-refractivity contribution is 6.35. The molecule has 2 aliphatic rings. The highest BCUT2D eigenvalue weighted by atomic mass is 35.5. The van der Waals surface area contributed by atoms with Crippen LogP contribution in [0.3, 0.4) is 0 Å². The first kappa shape index (κ1) is 14.7. The van der Waals surface area contributed by atoms with Crippen molar-refractivity contribution in [3.8, 4) is 0 Å². The minimum absolute atomic E-state index is 0.128. The summed E-state index contributed by atoms with van der Waals surface area (Å²) in [6.07, 6.45) is 2.83. The summed E-state index contributed by atoms with van der Waals surface area (Å²) < 4.78 is 1.71. The molecule has 0 unspecified atom stereocenters. The van der Waals surface area contributed by atoms with Crippen molar-refractivity contribution in [2.75, 3.05) is 5.32 Å². The quantitative estimate of drug-likeness (QED) is 0.850. The van der Waals surface area contributed by atoms with Gasteiger partial charge < -0.3 is 5.32 Å². The third-order valence-corrected chi connectivity index (χ3v) is 4.89. The van der Waals surface area contributed by atoms with Crippen molar-refractivity contribution in [1.82, 2.24) is 14.8 Å². The lowest BCUT2D eigenvalue weighted by Crippen LogP contribution is -2.33. The number of fused-ring (bicyclic) bond motifs is 1. The number of nitrogens with one attached hydrogen (secondary N) is 1. The fraction of sp³-hybridized carbons (Fsp3) is 0.312. The minimum Gasteiger partial charge on any atom is -0.328 e. The number of ketones is 1. The van der Waals surface area contributed by atoms with Crippen molar-refractivity contribution < 1.29 is 4.79 Å². The lowest BCUT2D eigenvalue weighted by molar-refractivity contribution is -0.117. The fourth-order valence-electron chi connectivity index (χ4n) is 3.36. The number of hydrogen-bond acceptors (Lipinski definition) is 4. The van der Waals surface area contributed by atoms with E-state index in [9.17, 15) is 4.79 Å². The van der Waals surface area contributed by atoms with E-state index in [1.54, 1.807) is 16.8 Å². The highest BCUT2D eigenvalue weighted by Crippen LogP contribution is 2.43. The Bertz CT molecular complexity index is 842. The van der Waals surface area contributed by atoms with E-state index >= 15 is 0 Å². The molecule has 5 nitrogen and oxygen atoms in total. The van der Waals surface area contributed by atoms with Gasteiger partial charge in [-0.15, -0.1) is 0 Å². The van der Waals surface area contributed by atoms with E-state index in [0.29, 0.717) is 28.3 Å². The molecule has 4 rings (SSSR count). The Labute approximate surface area is 143 Å². The molecule has 1 N–H and O–H groups in total. The first-order chi connectivity index (χ1) is 11.0. The molecular weight excluding hydrogens is 335 g/mol. The van der Waals surface area contributed by atoms with Crippen LogP contribution in [0, 0.1) is 5.92 Å². The smallest absolute Gasteiger partial charge is 0.226 e. The van der Waals surface area contributed by atoms with Crippen LogP contribution in [0.15, 0.2) is 35.8 Å². The zero-order valence-electron chi connectivity index (χ0n) is 12.4. The van der Waals surface area contributed by atoms with Crippen molar-refractivity contribution in [3.05, 3.63) is 51.4 Å². The molecule has 0 saturated heterocycles. The summed E-state index contributed by atoms with van der Waals surface area (Å²) in [5.74, 6) is 1.06. The lowest BCUT2D eigenvalue weighted by Gasteiger charge is -2.34. The largest absolute Gasteiger partial charge is 0.328 e. The monoisotopic (exact) mass is 348 g/mol. The third kappa shape index (κ3) is 2.35. The molecule has 2 aromatic rings. The maximum Gasteiger partial charge on any atom is 0.226 e. The molecule has 0 fully saturated rings. The predicted octanol–water partition coefficient (Wildman–Crippen LogP) is 3.85. The SMILES string of the molecule is C[C@@H]1CC(=O)C2=C(C1)Nc1ncnn1[C@H]2c1ccc(Cl)cc1Cl. The second kappa shape index (κ2) is 5.35. The molecule has 0 radical (unpaired) electrons. The molecule has 7 heteroatoms. The number of anilines is 1. The Morgan fingerprint density at radius 3 is 2.91 bits per heavy atom. The first-order valence-corrected chi connectivity index (χ1v) is 8.18. The van der Waals surface area contributed by atoms with Gasteiger partial charge in [-0.25, -0.2) is 4.68 Å². The van der Waals surface area contributed by atoms with Crippen LogP contribution in [0.1, 0.15) is 31.4 Å². The first-order valence-electron chi connectivity index (χ1n) is 7.42. The zero-order valence-corrected chi connectivity index (χ0v) is 13.9. The van der Waals surface area contributed by atoms with E-state index in [2.05, 4.69) is 22.3 Å². The van der Waals surface area contributed by atoms with Crippen molar-refractivity contribution in [1.29, 1.82) is 0 Å². The number of allylic oxidation sites excluding steroid dienone is 2. The van der Waals surface area contributed by atoms with Crippen LogP contribution >= 0.6 is 23.2 Å². The summed E-state index contributed by atoms with van der Waals surface area (Å²) >= 11 is 12.4. The van der Waals surface area contributed by atoms with Crippen LogP contribution in [0.5, 0.6) is 0 Å². The number of nitrogens with zero attached hydrogens (tertiary/aromatic N) is 3. The molecule has 2 heterocycles. The normalized spacial score (nSPS) is 23.3. The van der Waals surface area contributed by atoms with Gasteiger partial charge in [-0.2, -0.15) is 10.1 Å². The molecule has 0 bridgehead atoms. The second-order valence-corrected chi connectivity index (χ2v) is 6.89. The second-order valence-electron chi connectivity index (χ2n) is 6.05. The molecular formula is C16H14Cl2N4O. The van der Waals surface area contributed by atoms with Gasteiger partial charge in [-0.3, -0.25) is 4.79 Å². The number of halogens is 2. The number of aromatic nitrogens is 3. The van der Waals surface area contributed by atoms with E-state index in [0.717, 1.165) is 23.3 Å². The van der Waals surface area contributed by atoms with Crippen LogP contribution in [0.2, 0.25) is 10.0 Å². The number of carbonyl (C=O) groups is 1. The lowest BCUT2D eigenvalue weighted by atomic mass is 9.81. The van der Waals surface area contributed by atoms with E-state index in [1.807, 2.05) is 6.07 Å². The Kier molecular flexibility index (Phi) is 3.43. The Morgan fingerprint density at radius 1 is 1.30 bits per heavy atom.